The first-order valence-corrected chi connectivity index (χ1v) is 11.6. The number of nitrogens with zero attached hydrogens (tertiary/aromatic N) is 2. The Balaban J connectivity index is 1.50. The van der Waals surface area contributed by atoms with E-state index < -0.39 is 5.25 Å². The molecule has 0 bridgehead atoms. The predicted octanol–water partition coefficient (Wildman–Crippen LogP) is 4.86. The lowest BCUT2D eigenvalue weighted by Crippen LogP contribution is -2.33. The molecule has 0 aliphatic carbocycles. The van der Waals surface area contributed by atoms with Gasteiger partial charge in [0.05, 0.1) is 26.5 Å². The van der Waals surface area contributed by atoms with Crippen LogP contribution in [-0.4, -0.2) is 41.4 Å². The van der Waals surface area contributed by atoms with Crippen molar-refractivity contribution in [3.05, 3.63) is 84.4 Å². The molecule has 174 valence electrons. The van der Waals surface area contributed by atoms with Crippen molar-refractivity contribution in [3.63, 3.8) is 0 Å². The number of rotatable bonds is 8. The van der Waals surface area contributed by atoms with Gasteiger partial charge in [-0.25, -0.2) is 4.99 Å². The molecule has 0 radical (unpaired) electrons. The smallest absolute Gasteiger partial charge is 0.242 e. The molecule has 4 rings (SSSR count). The van der Waals surface area contributed by atoms with E-state index in [4.69, 9.17) is 14.5 Å². The fraction of sp³-hybridized carbons (Fsp3) is 0.192. The Morgan fingerprint density at radius 2 is 1.56 bits per heavy atom. The third kappa shape index (κ3) is 5.77. The van der Waals surface area contributed by atoms with Crippen molar-refractivity contribution in [2.75, 3.05) is 19.5 Å². The van der Waals surface area contributed by atoms with Crippen molar-refractivity contribution in [2.24, 2.45) is 4.99 Å². The third-order valence-corrected chi connectivity index (χ3v) is 6.42. The molecule has 3 aromatic carbocycles. The predicted molar refractivity (Wildman–Crippen MR) is 135 cm³/mol. The van der Waals surface area contributed by atoms with Gasteiger partial charge in [0, 0.05) is 12.1 Å². The van der Waals surface area contributed by atoms with Crippen molar-refractivity contribution < 1.29 is 19.1 Å². The zero-order valence-electron chi connectivity index (χ0n) is 18.9. The lowest BCUT2D eigenvalue weighted by atomic mass is 10.2. The summed E-state index contributed by atoms with van der Waals surface area (Å²) in [5, 5.41) is 2.87. The van der Waals surface area contributed by atoms with Crippen LogP contribution in [0.5, 0.6) is 11.5 Å². The molecule has 2 amide bonds. The molecular formula is C26H25N3O4S. The molecule has 0 spiro atoms. The van der Waals surface area contributed by atoms with Crippen molar-refractivity contribution in [1.82, 2.24) is 4.90 Å². The van der Waals surface area contributed by atoms with Crippen LogP contribution >= 0.6 is 11.8 Å². The number of thioether (sulfide) groups is 1. The number of para-hydroxylation sites is 1. The Kier molecular flexibility index (Phi) is 7.49. The number of hydrogen-bond acceptors (Lipinski definition) is 6. The minimum atomic E-state index is -0.557. The highest BCUT2D eigenvalue weighted by Gasteiger charge is 2.39. The summed E-state index contributed by atoms with van der Waals surface area (Å²) in [7, 11) is 3.20. The molecule has 1 heterocycles. The Morgan fingerprint density at radius 3 is 2.18 bits per heavy atom. The number of ether oxygens (including phenoxy) is 2. The fourth-order valence-corrected chi connectivity index (χ4v) is 4.61. The average molecular weight is 476 g/mol. The van der Waals surface area contributed by atoms with Gasteiger partial charge in [0.2, 0.25) is 11.8 Å². The molecule has 1 N–H and O–H groups in total. The van der Waals surface area contributed by atoms with E-state index in [1.807, 2.05) is 54.6 Å². The number of hydrogen-bond donors (Lipinski definition) is 1. The summed E-state index contributed by atoms with van der Waals surface area (Å²) >= 11 is 1.31. The van der Waals surface area contributed by atoms with Crippen LogP contribution in [0.4, 0.5) is 11.4 Å². The second-order valence-corrected chi connectivity index (χ2v) is 8.76. The largest absolute Gasteiger partial charge is 0.497 e. The summed E-state index contributed by atoms with van der Waals surface area (Å²) in [5.74, 6) is 1.08. The number of benzene rings is 3. The van der Waals surface area contributed by atoms with E-state index in [0.29, 0.717) is 23.1 Å². The minimum Gasteiger partial charge on any atom is -0.497 e. The highest BCUT2D eigenvalue weighted by Crippen LogP contribution is 2.33. The van der Waals surface area contributed by atoms with Crippen LogP contribution in [0, 0.1) is 0 Å². The Morgan fingerprint density at radius 1 is 0.941 bits per heavy atom. The van der Waals surface area contributed by atoms with E-state index in [9.17, 15) is 9.59 Å². The number of anilines is 1. The molecule has 8 heteroatoms. The molecule has 1 saturated heterocycles. The monoisotopic (exact) mass is 475 g/mol. The summed E-state index contributed by atoms with van der Waals surface area (Å²) < 4.78 is 10.4. The molecule has 1 aliphatic rings. The normalized spacial score (nSPS) is 16.5. The molecule has 0 unspecified atom stereocenters. The number of aliphatic imine (C=N–C) groups is 1. The third-order valence-electron chi connectivity index (χ3n) is 5.25. The summed E-state index contributed by atoms with van der Waals surface area (Å²) in [6, 6.07) is 24.1. The summed E-state index contributed by atoms with van der Waals surface area (Å²) in [6.45, 7) is 0.359. The van der Waals surface area contributed by atoms with Crippen LogP contribution in [0.3, 0.4) is 0 Å². The number of methoxy groups -OCH3 is 2. The Hall–Kier alpha value is -3.78. The van der Waals surface area contributed by atoms with Gasteiger partial charge in [-0.05, 0) is 54.1 Å². The molecule has 1 fully saturated rings. The van der Waals surface area contributed by atoms with Crippen LogP contribution in [0.2, 0.25) is 0 Å². The van der Waals surface area contributed by atoms with E-state index in [1.54, 1.807) is 43.4 Å². The quantitative estimate of drug-likeness (QED) is 0.503. The van der Waals surface area contributed by atoms with Crippen molar-refractivity contribution in [1.29, 1.82) is 0 Å². The van der Waals surface area contributed by atoms with Crippen LogP contribution < -0.4 is 14.8 Å². The van der Waals surface area contributed by atoms with Gasteiger partial charge in [-0.1, -0.05) is 42.1 Å². The molecule has 0 saturated carbocycles. The standard InChI is InChI=1S/C26H25N3O4S/c1-32-21-12-8-18(9-13-21)17-29-25(31)23(34-26(29)28-19-6-4-3-5-7-19)16-24(30)27-20-10-14-22(33-2)15-11-20/h3-15,23H,16-17H2,1-2H3,(H,27,30)/t23-/m1/s1. The first-order valence-electron chi connectivity index (χ1n) is 10.7. The molecule has 34 heavy (non-hydrogen) atoms. The summed E-state index contributed by atoms with van der Waals surface area (Å²) in [6.07, 6.45) is 0.0441. The number of nitrogens with one attached hydrogen (secondary N) is 1. The lowest BCUT2D eigenvalue weighted by Gasteiger charge is -2.17. The number of carbonyl (C=O) groups excluding carboxylic acids is 2. The highest BCUT2D eigenvalue weighted by atomic mass is 32.2. The van der Waals surface area contributed by atoms with Crippen LogP contribution in [0.1, 0.15) is 12.0 Å². The zero-order chi connectivity index (χ0) is 23.9. The van der Waals surface area contributed by atoms with Gasteiger partial charge in [-0.3, -0.25) is 14.5 Å². The average Bonchev–Trinajstić information content (AvgIpc) is 3.14. The number of carbonyl (C=O) groups is 2. The summed E-state index contributed by atoms with van der Waals surface area (Å²) in [5.41, 5.74) is 2.34. The van der Waals surface area contributed by atoms with Gasteiger partial charge >= 0.3 is 0 Å². The van der Waals surface area contributed by atoms with Gasteiger partial charge in [-0.2, -0.15) is 0 Å². The van der Waals surface area contributed by atoms with Crippen LogP contribution in [0.25, 0.3) is 0 Å². The lowest BCUT2D eigenvalue weighted by molar-refractivity contribution is -0.128. The highest BCUT2D eigenvalue weighted by molar-refractivity contribution is 8.15. The van der Waals surface area contributed by atoms with Crippen LogP contribution in [0.15, 0.2) is 83.9 Å². The van der Waals surface area contributed by atoms with E-state index >= 15 is 0 Å². The SMILES string of the molecule is COc1ccc(CN2C(=O)[C@@H](CC(=O)Nc3ccc(OC)cc3)SC2=Nc2ccccc2)cc1. The molecule has 3 aromatic rings. The van der Waals surface area contributed by atoms with Crippen molar-refractivity contribution in [3.8, 4) is 11.5 Å². The minimum absolute atomic E-state index is 0.0441. The maximum absolute atomic E-state index is 13.3. The molecular weight excluding hydrogens is 450 g/mol. The second kappa shape index (κ2) is 10.9. The van der Waals surface area contributed by atoms with Gasteiger partial charge in [0.1, 0.15) is 16.7 Å². The first kappa shape index (κ1) is 23.4. The zero-order valence-corrected chi connectivity index (χ0v) is 19.7. The van der Waals surface area contributed by atoms with Gasteiger partial charge < -0.3 is 14.8 Å². The molecule has 0 aromatic heterocycles. The van der Waals surface area contributed by atoms with Crippen molar-refractivity contribution in [2.45, 2.75) is 18.2 Å². The van der Waals surface area contributed by atoms with E-state index in [-0.39, 0.29) is 18.2 Å². The second-order valence-electron chi connectivity index (χ2n) is 7.59. The molecule has 1 aliphatic heterocycles. The van der Waals surface area contributed by atoms with Gasteiger partial charge in [-0.15, -0.1) is 0 Å². The fourth-order valence-electron chi connectivity index (χ4n) is 3.45. The summed E-state index contributed by atoms with van der Waals surface area (Å²) in [4.78, 5) is 32.3. The number of amides is 2. The van der Waals surface area contributed by atoms with Gasteiger partial charge in [0.25, 0.3) is 0 Å². The molecule has 1 atom stereocenters. The maximum atomic E-state index is 13.3. The first-order chi connectivity index (χ1) is 16.6. The maximum Gasteiger partial charge on any atom is 0.242 e. The van der Waals surface area contributed by atoms with Crippen LogP contribution in [-0.2, 0) is 16.1 Å². The Bertz CT molecular complexity index is 1160. The number of amidine groups is 1. The molecule has 7 nitrogen and oxygen atoms in total. The topological polar surface area (TPSA) is 80.2 Å². The van der Waals surface area contributed by atoms with Crippen molar-refractivity contribution >= 4 is 40.1 Å². The van der Waals surface area contributed by atoms with E-state index in [0.717, 1.165) is 17.0 Å². The van der Waals surface area contributed by atoms with E-state index in [1.165, 1.54) is 11.8 Å². The Labute approximate surface area is 202 Å². The van der Waals surface area contributed by atoms with Gasteiger partial charge in [0.15, 0.2) is 5.17 Å². The van der Waals surface area contributed by atoms with E-state index in [2.05, 4.69) is 5.32 Å².